The van der Waals surface area contributed by atoms with Crippen molar-refractivity contribution in [2.45, 2.75) is 75.1 Å². The Hall–Kier alpha value is -2.34. The van der Waals surface area contributed by atoms with Crippen molar-refractivity contribution in [3.63, 3.8) is 0 Å². The Kier molecular flexibility index (Phi) is 5.62. The van der Waals surface area contributed by atoms with Crippen LogP contribution in [0.25, 0.3) is 0 Å². The molecule has 0 radical (unpaired) electrons. The molecule has 2 aromatic carbocycles. The molecule has 0 unspecified atom stereocenters. The predicted octanol–water partition coefficient (Wildman–Crippen LogP) is 4.58. The Morgan fingerprint density at radius 3 is 2.20 bits per heavy atom. The summed E-state index contributed by atoms with van der Waals surface area (Å²) in [7, 11) is -3.65. The highest BCUT2D eigenvalue weighted by Gasteiger charge is 2.51. The molecule has 30 heavy (non-hydrogen) atoms. The number of carbonyl (C=O) groups is 1. The third kappa shape index (κ3) is 4.24. The second-order valence-electron chi connectivity index (χ2n) is 8.82. The largest absolute Gasteiger partial charge is 0.353 e. The van der Waals surface area contributed by atoms with E-state index in [0.29, 0.717) is 11.7 Å². The maximum Gasteiger partial charge on any atom is 0.261 e. The molecule has 2 aliphatic carbocycles. The first kappa shape index (κ1) is 20.9. The average Bonchev–Trinajstić information content (AvgIpc) is 3.53. The van der Waals surface area contributed by atoms with Crippen LogP contribution in [0.5, 0.6) is 0 Å². The van der Waals surface area contributed by atoms with Gasteiger partial charge in [-0.15, -0.1) is 0 Å². The van der Waals surface area contributed by atoms with Crippen LogP contribution in [0.15, 0.2) is 47.4 Å². The van der Waals surface area contributed by atoms with Gasteiger partial charge in [0.05, 0.1) is 10.3 Å². The summed E-state index contributed by atoms with van der Waals surface area (Å²) < 4.78 is 28.1. The fourth-order valence-electron chi connectivity index (χ4n) is 4.29. The Morgan fingerprint density at radius 1 is 0.933 bits per heavy atom. The summed E-state index contributed by atoms with van der Waals surface area (Å²) in [6.07, 6.45) is 7.47. The van der Waals surface area contributed by atoms with Crippen molar-refractivity contribution < 1.29 is 13.2 Å². The lowest BCUT2D eigenvalue weighted by Crippen LogP contribution is -2.42. The third-order valence-electron chi connectivity index (χ3n) is 6.60. The quantitative estimate of drug-likeness (QED) is 0.710. The SMILES string of the molecule is Cc1ccc(S(=O)(=O)Nc2ccc(C3(C(=O)NC4CCCCC4)CC3)cc2)cc1C. The van der Waals surface area contributed by atoms with Gasteiger partial charge in [0, 0.05) is 11.7 Å². The number of aryl methyl sites for hydroxylation is 2. The van der Waals surface area contributed by atoms with Gasteiger partial charge in [-0.3, -0.25) is 9.52 Å². The molecule has 0 spiro atoms. The van der Waals surface area contributed by atoms with E-state index in [1.807, 2.05) is 32.0 Å². The van der Waals surface area contributed by atoms with Gasteiger partial charge in [-0.25, -0.2) is 8.42 Å². The lowest BCUT2D eigenvalue weighted by molar-refractivity contribution is -0.124. The molecular weight excluding hydrogens is 396 g/mol. The van der Waals surface area contributed by atoms with Gasteiger partial charge < -0.3 is 5.32 Å². The molecule has 2 aromatic rings. The minimum atomic E-state index is -3.65. The lowest BCUT2D eigenvalue weighted by Gasteiger charge is -2.25. The highest BCUT2D eigenvalue weighted by atomic mass is 32.2. The molecule has 0 heterocycles. The topological polar surface area (TPSA) is 75.3 Å². The zero-order chi connectivity index (χ0) is 21.4. The number of anilines is 1. The fraction of sp³-hybridized carbons (Fsp3) is 0.458. The van der Waals surface area contributed by atoms with E-state index in [2.05, 4.69) is 10.0 Å². The van der Waals surface area contributed by atoms with Gasteiger partial charge in [0.1, 0.15) is 0 Å². The third-order valence-corrected chi connectivity index (χ3v) is 7.98. The van der Waals surface area contributed by atoms with Crippen LogP contribution in [0, 0.1) is 13.8 Å². The van der Waals surface area contributed by atoms with Crippen LogP contribution in [0.4, 0.5) is 5.69 Å². The van der Waals surface area contributed by atoms with Gasteiger partial charge in [0.15, 0.2) is 0 Å². The summed E-state index contributed by atoms with van der Waals surface area (Å²) in [5.74, 6) is 0.123. The smallest absolute Gasteiger partial charge is 0.261 e. The molecule has 2 saturated carbocycles. The van der Waals surface area contributed by atoms with Crippen molar-refractivity contribution in [1.82, 2.24) is 5.32 Å². The molecule has 2 fully saturated rings. The number of nitrogens with one attached hydrogen (secondary N) is 2. The van der Waals surface area contributed by atoms with Crippen molar-refractivity contribution in [2.75, 3.05) is 4.72 Å². The molecule has 4 rings (SSSR count). The molecule has 2 aliphatic rings. The van der Waals surface area contributed by atoms with Crippen molar-refractivity contribution in [3.8, 4) is 0 Å². The fourth-order valence-corrected chi connectivity index (χ4v) is 5.44. The maximum absolute atomic E-state index is 12.9. The highest BCUT2D eigenvalue weighted by Crippen LogP contribution is 2.49. The summed E-state index contributed by atoms with van der Waals surface area (Å²) in [4.78, 5) is 13.2. The maximum atomic E-state index is 12.9. The normalized spacial score (nSPS) is 18.6. The zero-order valence-electron chi connectivity index (χ0n) is 17.7. The Morgan fingerprint density at radius 2 is 1.60 bits per heavy atom. The van der Waals surface area contributed by atoms with E-state index < -0.39 is 15.4 Å². The lowest BCUT2D eigenvalue weighted by atomic mass is 9.91. The van der Waals surface area contributed by atoms with E-state index >= 15 is 0 Å². The molecule has 1 amide bonds. The minimum absolute atomic E-state index is 0.123. The number of sulfonamides is 1. The first-order valence-corrected chi connectivity index (χ1v) is 12.3. The molecule has 6 heteroatoms. The number of amides is 1. The van der Waals surface area contributed by atoms with Gasteiger partial charge >= 0.3 is 0 Å². The molecule has 0 bridgehead atoms. The van der Waals surface area contributed by atoms with E-state index in [9.17, 15) is 13.2 Å². The molecule has 0 atom stereocenters. The zero-order valence-corrected chi connectivity index (χ0v) is 18.5. The van der Waals surface area contributed by atoms with E-state index in [4.69, 9.17) is 0 Å². The minimum Gasteiger partial charge on any atom is -0.353 e. The van der Waals surface area contributed by atoms with Gasteiger partial charge in [-0.1, -0.05) is 37.5 Å². The first-order chi connectivity index (χ1) is 14.3. The monoisotopic (exact) mass is 426 g/mol. The van der Waals surface area contributed by atoms with Crippen molar-refractivity contribution >= 4 is 21.6 Å². The van der Waals surface area contributed by atoms with Crippen LogP contribution in [0.2, 0.25) is 0 Å². The molecule has 160 valence electrons. The van der Waals surface area contributed by atoms with E-state index in [1.54, 1.807) is 24.3 Å². The number of rotatable bonds is 6. The Labute approximate surface area is 179 Å². The van der Waals surface area contributed by atoms with Crippen LogP contribution in [0.1, 0.15) is 61.6 Å². The van der Waals surface area contributed by atoms with Gasteiger partial charge in [-0.2, -0.15) is 0 Å². The first-order valence-electron chi connectivity index (χ1n) is 10.8. The summed E-state index contributed by atoms with van der Waals surface area (Å²) in [5.41, 5.74) is 3.01. The van der Waals surface area contributed by atoms with Crippen LogP contribution in [-0.4, -0.2) is 20.4 Å². The standard InChI is InChI=1S/C24H30N2O3S/c1-17-8-13-22(16-18(17)2)30(28,29)26-21-11-9-19(10-12-21)24(14-15-24)23(27)25-20-6-4-3-5-7-20/h8-13,16,20,26H,3-7,14-15H2,1-2H3,(H,25,27). The summed E-state index contributed by atoms with van der Waals surface area (Å²) in [6, 6.07) is 12.7. The summed E-state index contributed by atoms with van der Waals surface area (Å²) >= 11 is 0. The van der Waals surface area contributed by atoms with Crippen molar-refractivity contribution in [1.29, 1.82) is 0 Å². The van der Waals surface area contributed by atoms with E-state index in [-0.39, 0.29) is 10.8 Å². The molecule has 0 aliphatic heterocycles. The molecule has 0 aromatic heterocycles. The second kappa shape index (κ2) is 8.06. The number of benzene rings is 2. The van der Waals surface area contributed by atoms with Crippen LogP contribution >= 0.6 is 0 Å². The average molecular weight is 427 g/mol. The highest BCUT2D eigenvalue weighted by molar-refractivity contribution is 7.92. The Bertz CT molecular complexity index is 1030. The van der Waals surface area contributed by atoms with Crippen LogP contribution in [0.3, 0.4) is 0 Å². The van der Waals surface area contributed by atoms with Gasteiger partial charge in [-0.05, 0) is 80.5 Å². The summed E-state index contributed by atoms with van der Waals surface area (Å²) in [6.45, 7) is 3.85. The van der Waals surface area contributed by atoms with Crippen LogP contribution < -0.4 is 10.0 Å². The van der Waals surface area contributed by atoms with Crippen molar-refractivity contribution in [3.05, 3.63) is 59.2 Å². The van der Waals surface area contributed by atoms with Crippen molar-refractivity contribution in [2.24, 2.45) is 0 Å². The van der Waals surface area contributed by atoms with Gasteiger partial charge in [0.2, 0.25) is 5.91 Å². The van der Waals surface area contributed by atoms with E-state index in [1.165, 1.54) is 19.3 Å². The molecule has 2 N–H and O–H groups in total. The van der Waals surface area contributed by atoms with Crippen LogP contribution in [-0.2, 0) is 20.2 Å². The summed E-state index contributed by atoms with van der Waals surface area (Å²) in [5, 5.41) is 3.25. The number of hydrogen-bond donors (Lipinski definition) is 2. The molecule has 5 nitrogen and oxygen atoms in total. The Balaban J connectivity index is 1.46. The predicted molar refractivity (Wildman–Crippen MR) is 119 cm³/mol. The number of hydrogen-bond acceptors (Lipinski definition) is 3. The second-order valence-corrected chi connectivity index (χ2v) is 10.5. The van der Waals surface area contributed by atoms with Gasteiger partial charge in [0.25, 0.3) is 10.0 Å². The number of carbonyl (C=O) groups excluding carboxylic acids is 1. The molecule has 0 saturated heterocycles. The molecular formula is C24H30N2O3S. The van der Waals surface area contributed by atoms with E-state index in [0.717, 1.165) is 42.4 Å².